The van der Waals surface area contributed by atoms with Crippen molar-refractivity contribution in [2.24, 2.45) is 0 Å². The molecule has 62 valence electrons. The maximum atomic E-state index is 11.5. The Morgan fingerprint density at radius 1 is 1.31 bits per heavy atom. The zero-order valence-corrected chi connectivity index (χ0v) is 6.64. The molecular formula is C9H5N3O. The zero-order chi connectivity index (χ0) is 9.26. The third kappa shape index (κ3) is 1.07. The van der Waals surface area contributed by atoms with Crippen LogP contribution in [0.25, 0.3) is 15.9 Å². The smallest absolute Gasteiger partial charge is 0.396 e. The van der Waals surface area contributed by atoms with Gasteiger partial charge in [0.15, 0.2) is 4.98 Å². The highest BCUT2D eigenvalue weighted by atomic mass is 16.3. The summed E-state index contributed by atoms with van der Waals surface area (Å²) in [6.45, 7) is 0. The fourth-order valence-corrected chi connectivity index (χ4v) is 1.18. The second-order valence-electron chi connectivity index (χ2n) is 2.59. The first-order valence-corrected chi connectivity index (χ1v) is 3.73. The standard InChI is InChI=1S/C9H5N3O/c10-12-8-5-11-7-4-2-1-3-6(7)9(8)13/h1-5H. The number of para-hydroxylation sites is 1. The average molecular weight is 171 g/mol. The van der Waals surface area contributed by atoms with Gasteiger partial charge in [-0.05, 0) is 6.07 Å². The average Bonchev–Trinajstić information content (AvgIpc) is 2.19. The molecule has 0 saturated heterocycles. The summed E-state index contributed by atoms with van der Waals surface area (Å²) in [7, 11) is 0. The number of fused-ring (bicyclic) bond motifs is 1. The van der Waals surface area contributed by atoms with Gasteiger partial charge in [-0.2, -0.15) is 0 Å². The van der Waals surface area contributed by atoms with Crippen LogP contribution in [-0.2, 0) is 0 Å². The Labute approximate surface area is 74.1 Å². The molecule has 4 nitrogen and oxygen atoms in total. The molecule has 2 aromatic rings. The molecule has 4 heteroatoms. The van der Waals surface area contributed by atoms with Gasteiger partial charge >= 0.3 is 5.69 Å². The molecule has 1 heterocycles. The second kappa shape index (κ2) is 2.72. The van der Waals surface area contributed by atoms with Crippen LogP contribution in [0.4, 0.5) is 5.69 Å². The molecule has 0 spiro atoms. The normalized spacial score (nSPS) is 9.77. The molecule has 1 aromatic carbocycles. The van der Waals surface area contributed by atoms with Gasteiger partial charge in [-0.15, -0.1) is 0 Å². The minimum Gasteiger partial charge on any atom is -0.867 e. The van der Waals surface area contributed by atoms with Crippen molar-refractivity contribution in [1.82, 2.24) is 4.98 Å². The van der Waals surface area contributed by atoms with Gasteiger partial charge < -0.3 is 5.11 Å². The minimum atomic E-state index is -0.298. The Morgan fingerprint density at radius 3 is 2.85 bits per heavy atom. The van der Waals surface area contributed by atoms with E-state index in [2.05, 4.69) is 9.96 Å². The van der Waals surface area contributed by atoms with Crippen LogP contribution in [0.3, 0.4) is 0 Å². The van der Waals surface area contributed by atoms with E-state index in [4.69, 9.17) is 5.39 Å². The lowest BCUT2D eigenvalue weighted by atomic mass is 10.2. The van der Waals surface area contributed by atoms with Crippen molar-refractivity contribution in [1.29, 1.82) is 5.39 Å². The fraction of sp³-hybridized carbons (Fsp3) is 0. The SMILES string of the molecule is N#[N+]c1cnc2ccccc2c1[O-]. The molecule has 1 aromatic heterocycles. The number of diazo groups is 1. The number of benzene rings is 1. The van der Waals surface area contributed by atoms with Crippen LogP contribution >= 0.6 is 0 Å². The molecule has 13 heavy (non-hydrogen) atoms. The van der Waals surface area contributed by atoms with Crippen LogP contribution in [0, 0.1) is 5.39 Å². The summed E-state index contributed by atoms with van der Waals surface area (Å²) in [6.07, 6.45) is 1.25. The Bertz CT molecular complexity index is 502. The van der Waals surface area contributed by atoms with E-state index in [0.29, 0.717) is 10.9 Å². The van der Waals surface area contributed by atoms with E-state index >= 15 is 0 Å². The first-order chi connectivity index (χ1) is 6.33. The number of hydrogen-bond acceptors (Lipinski definition) is 3. The topological polar surface area (TPSA) is 64.1 Å². The van der Waals surface area contributed by atoms with E-state index in [9.17, 15) is 5.11 Å². The van der Waals surface area contributed by atoms with Gasteiger partial charge in [0.25, 0.3) is 0 Å². The molecule has 0 aliphatic rings. The molecule has 0 bridgehead atoms. The lowest BCUT2D eigenvalue weighted by Crippen LogP contribution is -1.92. The first-order valence-electron chi connectivity index (χ1n) is 3.73. The summed E-state index contributed by atoms with van der Waals surface area (Å²) in [4.78, 5) is 6.80. The Balaban J connectivity index is 2.89. The third-order valence-corrected chi connectivity index (χ3v) is 1.81. The van der Waals surface area contributed by atoms with Crippen LogP contribution in [0.2, 0.25) is 0 Å². The summed E-state index contributed by atoms with van der Waals surface area (Å²) in [5, 5.41) is 20.4. The highest BCUT2D eigenvalue weighted by molar-refractivity contribution is 5.89. The van der Waals surface area contributed by atoms with Gasteiger partial charge in [-0.3, -0.25) is 0 Å². The summed E-state index contributed by atoms with van der Waals surface area (Å²) < 4.78 is 0. The number of hydrogen-bond donors (Lipinski definition) is 0. The van der Waals surface area contributed by atoms with Crippen molar-refractivity contribution >= 4 is 16.6 Å². The van der Waals surface area contributed by atoms with Gasteiger partial charge in [-0.1, -0.05) is 18.2 Å². The third-order valence-electron chi connectivity index (χ3n) is 1.81. The second-order valence-corrected chi connectivity index (χ2v) is 2.59. The van der Waals surface area contributed by atoms with E-state index in [1.807, 2.05) is 0 Å². The maximum absolute atomic E-state index is 11.5. The van der Waals surface area contributed by atoms with Crippen LogP contribution in [0.1, 0.15) is 0 Å². The van der Waals surface area contributed by atoms with Crippen LogP contribution < -0.4 is 5.11 Å². The highest BCUT2D eigenvalue weighted by Crippen LogP contribution is 2.29. The summed E-state index contributed by atoms with van der Waals surface area (Å²) in [5.41, 5.74) is 0.582. The predicted molar refractivity (Wildman–Crippen MR) is 45.9 cm³/mol. The van der Waals surface area contributed by atoms with Crippen molar-refractivity contribution < 1.29 is 5.11 Å². The van der Waals surface area contributed by atoms with E-state index in [-0.39, 0.29) is 11.4 Å². The summed E-state index contributed by atoms with van der Waals surface area (Å²) in [6, 6.07) is 6.92. The van der Waals surface area contributed by atoms with Crippen molar-refractivity contribution in [3.63, 3.8) is 0 Å². The number of nitrogens with zero attached hydrogens (tertiary/aromatic N) is 3. The first kappa shape index (κ1) is 7.50. The van der Waals surface area contributed by atoms with Gasteiger partial charge in [0.05, 0.1) is 5.52 Å². The molecule has 0 N–H and O–H groups in total. The molecule has 0 saturated carbocycles. The number of aromatic nitrogens is 1. The molecule has 0 amide bonds. The van der Waals surface area contributed by atoms with E-state index < -0.39 is 0 Å². The van der Waals surface area contributed by atoms with E-state index in [1.165, 1.54) is 6.20 Å². The van der Waals surface area contributed by atoms with Crippen molar-refractivity contribution in [2.45, 2.75) is 0 Å². The van der Waals surface area contributed by atoms with E-state index in [0.717, 1.165) is 0 Å². The largest absolute Gasteiger partial charge is 0.867 e. The Morgan fingerprint density at radius 2 is 2.08 bits per heavy atom. The van der Waals surface area contributed by atoms with E-state index in [1.54, 1.807) is 24.3 Å². The molecule has 2 rings (SSSR count). The highest BCUT2D eigenvalue weighted by Gasteiger charge is 2.08. The van der Waals surface area contributed by atoms with Crippen LogP contribution in [0.5, 0.6) is 5.75 Å². The summed E-state index contributed by atoms with van der Waals surface area (Å²) >= 11 is 0. The van der Waals surface area contributed by atoms with Gasteiger partial charge in [0, 0.05) is 11.1 Å². The molecule has 0 radical (unpaired) electrons. The van der Waals surface area contributed by atoms with Gasteiger partial charge in [-0.25, -0.2) is 4.98 Å². The minimum absolute atomic E-state index is 0.0290. The molecular weight excluding hydrogens is 166 g/mol. The zero-order valence-electron chi connectivity index (χ0n) is 6.64. The monoisotopic (exact) mass is 171 g/mol. The van der Waals surface area contributed by atoms with Gasteiger partial charge in [0.1, 0.15) is 6.20 Å². The Hall–Kier alpha value is -2.15. The van der Waals surface area contributed by atoms with Crippen molar-refractivity contribution in [3.05, 3.63) is 35.4 Å². The summed E-state index contributed by atoms with van der Waals surface area (Å²) in [5.74, 6) is -0.298. The maximum Gasteiger partial charge on any atom is 0.396 e. The molecule has 0 unspecified atom stereocenters. The molecule has 0 fully saturated rings. The number of rotatable bonds is 0. The van der Waals surface area contributed by atoms with Crippen LogP contribution in [-0.4, -0.2) is 4.98 Å². The Kier molecular flexibility index (Phi) is 1.57. The van der Waals surface area contributed by atoms with Crippen molar-refractivity contribution in [2.75, 3.05) is 0 Å². The quantitative estimate of drug-likeness (QED) is 0.567. The van der Waals surface area contributed by atoms with Gasteiger partial charge in [0.2, 0.25) is 5.39 Å². The molecule has 0 atom stereocenters. The number of pyridine rings is 1. The lowest BCUT2D eigenvalue weighted by molar-refractivity contribution is -0.264. The molecule has 0 aliphatic heterocycles. The van der Waals surface area contributed by atoms with Crippen molar-refractivity contribution in [3.8, 4) is 5.75 Å². The van der Waals surface area contributed by atoms with Crippen LogP contribution in [0.15, 0.2) is 30.5 Å². The predicted octanol–water partition coefficient (Wildman–Crippen LogP) is 1.79. The lowest BCUT2D eigenvalue weighted by Gasteiger charge is -2.04. The fourth-order valence-electron chi connectivity index (χ4n) is 1.18. The molecule has 0 aliphatic carbocycles.